The smallest absolute Gasteiger partial charge is 0.331 e. The Hall–Kier alpha value is -4.54. The van der Waals surface area contributed by atoms with Gasteiger partial charge in [0.05, 0.1) is 30.0 Å². The molecule has 1 unspecified atom stereocenters. The van der Waals surface area contributed by atoms with Gasteiger partial charge in [-0.2, -0.15) is 0 Å². The van der Waals surface area contributed by atoms with E-state index in [1.807, 2.05) is 12.1 Å². The van der Waals surface area contributed by atoms with Crippen LogP contribution in [0.4, 0.5) is 0 Å². The minimum Gasteiger partial charge on any atom is -0.466 e. The first-order chi connectivity index (χ1) is 23.3. The fourth-order valence-corrected chi connectivity index (χ4v) is 6.38. The number of rotatable bonds is 15. The summed E-state index contributed by atoms with van der Waals surface area (Å²) in [6.45, 7) is 6.43. The van der Waals surface area contributed by atoms with Crippen LogP contribution < -0.4 is 16.6 Å². The first-order valence-corrected chi connectivity index (χ1v) is 17.0. The Morgan fingerprint density at radius 3 is 2.08 bits per heavy atom. The molecule has 2 heterocycles. The number of hydrogen-bond donors (Lipinski definition) is 1. The topological polar surface area (TPSA) is 112 Å². The molecule has 5 rings (SSSR count). The van der Waals surface area contributed by atoms with Crippen LogP contribution in [0.5, 0.6) is 0 Å². The zero-order valence-electron chi connectivity index (χ0n) is 27.9. The second-order valence-electron chi connectivity index (χ2n) is 12.4. The lowest BCUT2D eigenvalue weighted by atomic mass is 10.00. The van der Waals surface area contributed by atoms with E-state index in [1.54, 1.807) is 42.7 Å². The van der Waals surface area contributed by atoms with Crippen molar-refractivity contribution in [3.63, 3.8) is 0 Å². The number of aryl methyl sites for hydroxylation is 1. The number of nitrogens with one attached hydrogen (secondary N) is 1. The third kappa shape index (κ3) is 9.08. The van der Waals surface area contributed by atoms with Crippen LogP contribution in [0, 0.1) is 0 Å². The number of esters is 1. The van der Waals surface area contributed by atoms with E-state index < -0.39 is 35.7 Å². The average Bonchev–Trinajstić information content (AvgIpc) is 3.10. The number of unbranched alkanes of at least 4 members (excludes halogenated alkanes) is 1. The predicted octanol–water partition coefficient (Wildman–Crippen LogP) is 4.67. The normalized spacial score (nSPS) is 14.6. The molecule has 4 aromatic rings. The third-order valence-electron chi connectivity index (χ3n) is 8.79. The maximum Gasteiger partial charge on any atom is 0.331 e. The monoisotopic (exact) mass is 654 g/mol. The molecule has 0 aliphatic carbocycles. The summed E-state index contributed by atoms with van der Waals surface area (Å²) in [6, 6.07) is 27.3. The van der Waals surface area contributed by atoms with Crippen LogP contribution in [0.1, 0.15) is 63.2 Å². The van der Waals surface area contributed by atoms with Gasteiger partial charge in [0.15, 0.2) is 0 Å². The molecule has 1 amide bonds. The van der Waals surface area contributed by atoms with Crippen LogP contribution in [-0.4, -0.2) is 64.3 Å². The van der Waals surface area contributed by atoms with Gasteiger partial charge in [0, 0.05) is 25.7 Å². The number of likely N-dealkylation sites (tertiary alicyclic amines) is 1. The molecule has 48 heavy (non-hydrogen) atoms. The number of carbonyl (C=O) groups is 2. The van der Waals surface area contributed by atoms with Gasteiger partial charge in [-0.1, -0.05) is 72.8 Å². The second-order valence-corrected chi connectivity index (χ2v) is 12.4. The zero-order chi connectivity index (χ0) is 33.9. The number of nitrogens with zero attached hydrogens (tertiary/aromatic N) is 3. The van der Waals surface area contributed by atoms with E-state index in [2.05, 4.69) is 58.7 Å². The van der Waals surface area contributed by atoms with Crippen LogP contribution >= 0.6 is 0 Å². The van der Waals surface area contributed by atoms with E-state index >= 15 is 0 Å². The highest BCUT2D eigenvalue weighted by atomic mass is 16.5. The summed E-state index contributed by atoms with van der Waals surface area (Å²) in [4.78, 5) is 53.8. The van der Waals surface area contributed by atoms with Crippen LogP contribution in [0.2, 0.25) is 0 Å². The fraction of sp³-hybridized carbons (Fsp3) is 0.421. The van der Waals surface area contributed by atoms with E-state index in [0.717, 1.165) is 61.0 Å². The number of aromatic nitrogens is 2. The van der Waals surface area contributed by atoms with Gasteiger partial charge in [0.2, 0.25) is 5.91 Å². The van der Waals surface area contributed by atoms with E-state index in [1.165, 1.54) is 0 Å². The molecule has 254 valence electrons. The maximum absolute atomic E-state index is 13.6. The molecule has 10 heteroatoms. The highest BCUT2D eigenvalue weighted by Crippen LogP contribution is 2.30. The second kappa shape index (κ2) is 17.0. The molecule has 3 aromatic carbocycles. The summed E-state index contributed by atoms with van der Waals surface area (Å²) in [5.74, 6) is -0.938. The summed E-state index contributed by atoms with van der Waals surface area (Å²) < 4.78 is 14.2. The SMILES string of the molecule is CCOC(=O)CC(C)NC(=O)Cn1c(=O)c2ccccc2n(CCCCN2CCC(OC(c3ccccc3)c3ccccc3)CC2)c1=O. The van der Waals surface area contributed by atoms with Gasteiger partial charge in [0.1, 0.15) is 12.6 Å². The number of ether oxygens (including phenoxy) is 2. The van der Waals surface area contributed by atoms with Crippen LogP contribution in [0.3, 0.4) is 0 Å². The standard InChI is InChI=1S/C38H46N4O6/c1-3-47-35(44)26-28(2)39-34(43)27-42-37(45)32-18-10-11-19-33(32)41(38(42)46)23-13-12-22-40-24-20-31(21-25-40)48-36(29-14-6-4-7-15-29)30-16-8-5-9-17-30/h4-11,14-19,28,31,36H,3,12-13,20-27H2,1-2H3,(H,39,43). The minimum absolute atomic E-state index is 0.00300. The molecule has 1 fully saturated rings. The number of benzene rings is 3. The number of piperidine rings is 1. The Bertz CT molecular complexity index is 1720. The van der Waals surface area contributed by atoms with Crippen molar-refractivity contribution in [1.82, 2.24) is 19.4 Å². The van der Waals surface area contributed by atoms with Gasteiger partial charge in [-0.3, -0.25) is 23.5 Å². The third-order valence-corrected chi connectivity index (χ3v) is 8.79. The van der Waals surface area contributed by atoms with Crippen molar-refractivity contribution in [1.29, 1.82) is 0 Å². The predicted molar refractivity (Wildman–Crippen MR) is 186 cm³/mol. The number of amides is 1. The van der Waals surface area contributed by atoms with Gasteiger partial charge in [-0.25, -0.2) is 4.79 Å². The molecule has 0 bridgehead atoms. The molecule has 1 saturated heterocycles. The highest BCUT2D eigenvalue weighted by Gasteiger charge is 2.25. The Kier molecular flexibility index (Phi) is 12.3. The van der Waals surface area contributed by atoms with Gasteiger partial charge in [-0.05, 0) is 69.3 Å². The number of para-hydroxylation sites is 1. The lowest BCUT2D eigenvalue weighted by Gasteiger charge is -2.34. The molecule has 1 aliphatic rings. The molecule has 10 nitrogen and oxygen atoms in total. The first kappa shape index (κ1) is 34.8. The summed E-state index contributed by atoms with van der Waals surface area (Å²) in [5, 5.41) is 3.08. The van der Waals surface area contributed by atoms with E-state index in [9.17, 15) is 19.2 Å². The molecule has 1 atom stereocenters. The zero-order valence-corrected chi connectivity index (χ0v) is 27.9. The number of hydrogen-bond acceptors (Lipinski definition) is 7. The van der Waals surface area contributed by atoms with Gasteiger partial charge < -0.3 is 19.7 Å². The number of fused-ring (bicyclic) bond motifs is 1. The van der Waals surface area contributed by atoms with Crippen molar-refractivity contribution in [2.75, 3.05) is 26.2 Å². The van der Waals surface area contributed by atoms with Crippen molar-refractivity contribution >= 4 is 22.8 Å². The maximum atomic E-state index is 13.6. The Balaban J connectivity index is 1.16. The molecular formula is C38H46N4O6. The van der Waals surface area contributed by atoms with Crippen LogP contribution in [0.15, 0.2) is 94.5 Å². The van der Waals surface area contributed by atoms with E-state index in [4.69, 9.17) is 9.47 Å². The molecule has 1 N–H and O–H groups in total. The number of carbonyl (C=O) groups excluding carboxylic acids is 2. The van der Waals surface area contributed by atoms with Crippen LogP contribution in [-0.2, 0) is 32.2 Å². The van der Waals surface area contributed by atoms with Crippen molar-refractivity contribution in [3.8, 4) is 0 Å². The van der Waals surface area contributed by atoms with Gasteiger partial charge in [0.25, 0.3) is 5.56 Å². The van der Waals surface area contributed by atoms with Crippen molar-refractivity contribution < 1.29 is 19.1 Å². The molecular weight excluding hydrogens is 608 g/mol. The quantitative estimate of drug-likeness (QED) is 0.147. The van der Waals surface area contributed by atoms with Crippen molar-refractivity contribution in [2.45, 2.75) is 77.3 Å². The summed E-state index contributed by atoms with van der Waals surface area (Å²) >= 11 is 0. The Morgan fingerprint density at radius 1 is 0.833 bits per heavy atom. The van der Waals surface area contributed by atoms with Crippen molar-refractivity contribution in [2.24, 2.45) is 0 Å². The summed E-state index contributed by atoms with van der Waals surface area (Å²) in [7, 11) is 0. The van der Waals surface area contributed by atoms with E-state index in [-0.39, 0.29) is 25.2 Å². The van der Waals surface area contributed by atoms with Crippen LogP contribution in [0.25, 0.3) is 10.9 Å². The molecule has 0 spiro atoms. The Morgan fingerprint density at radius 2 is 1.44 bits per heavy atom. The lowest BCUT2D eigenvalue weighted by molar-refractivity contribution is -0.143. The average molecular weight is 655 g/mol. The largest absolute Gasteiger partial charge is 0.466 e. The molecule has 0 saturated carbocycles. The molecule has 0 radical (unpaired) electrons. The molecule has 1 aliphatic heterocycles. The minimum atomic E-state index is -0.517. The first-order valence-electron chi connectivity index (χ1n) is 17.0. The Labute approximate surface area is 281 Å². The highest BCUT2D eigenvalue weighted by molar-refractivity contribution is 5.80. The molecule has 1 aromatic heterocycles. The van der Waals surface area contributed by atoms with E-state index in [0.29, 0.717) is 17.4 Å². The van der Waals surface area contributed by atoms with Crippen molar-refractivity contribution in [3.05, 3.63) is 117 Å². The van der Waals surface area contributed by atoms with Gasteiger partial charge in [-0.15, -0.1) is 0 Å². The summed E-state index contributed by atoms with van der Waals surface area (Å²) in [6.07, 6.45) is 3.60. The fourth-order valence-electron chi connectivity index (χ4n) is 6.38. The summed E-state index contributed by atoms with van der Waals surface area (Å²) in [5.41, 5.74) is 1.85. The lowest BCUT2D eigenvalue weighted by Crippen LogP contribution is -2.45. The van der Waals surface area contributed by atoms with Gasteiger partial charge >= 0.3 is 11.7 Å².